The quantitative estimate of drug-likeness (QED) is 0.767. The minimum Gasteiger partial charge on any atom is -0.314 e. The SMILES string of the molecule is CC(C)NCC1CNNC1c1cc(F)ccc1F. The Kier molecular flexibility index (Phi) is 4.27. The van der Waals surface area contributed by atoms with Gasteiger partial charge in [-0.1, -0.05) is 13.8 Å². The average Bonchev–Trinajstić information content (AvgIpc) is 2.77. The highest BCUT2D eigenvalue weighted by Gasteiger charge is 2.30. The molecule has 1 aromatic carbocycles. The van der Waals surface area contributed by atoms with Gasteiger partial charge in [0, 0.05) is 30.6 Å². The van der Waals surface area contributed by atoms with E-state index in [0.717, 1.165) is 19.2 Å². The van der Waals surface area contributed by atoms with Crippen LogP contribution < -0.4 is 16.2 Å². The fourth-order valence-electron chi connectivity index (χ4n) is 2.20. The lowest BCUT2D eigenvalue weighted by Crippen LogP contribution is -2.33. The lowest BCUT2D eigenvalue weighted by Gasteiger charge is -2.21. The minimum absolute atomic E-state index is 0.198. The molecule has 0 spiro atoms. The van der Waals surface area contributed by atoms with E-state index < -0.39 is 5.82 Å². The van der Waals surface area contributed by atoms with Gasteiger partial charge in [0.15, 0.2) is 0 Å². The maximum absolute atomic E-state index is 13.7. The number of hydrogen-bond donors (Lipinski definition) is 3. The summed E-state index contributed by atoms with van der Waals surface area (Å²) in [6, 6.07) is 3.76. The topological polar surface area (TPSA) is 36.1 Å². The van der Waals surface area contributed by atoms with Gasteiger partial charge in [-0.3, -0.25) is 5.43 Å². The second-order valence-corrected chi connectivity index (χ2v) is 4.99. The third-order valence-corrected chi connectivity index (χ3v) is 3.17. The van der Waals surface area contributed by atoms with Crippen molar-refractivity contribution in [2.45, 2.75) is 25.9 Å². The van der Waals surface area contributed by atoms with Crippen LogP contribution in [0.25, 0.3) is 0 Å². The molecule has 1 heterocycles. The van der Waals surface area contributed by atoms with Gasteiger partial charge in [-0.2, -0.15) is 0 Å². The zero-order valence-electron chi connectivity index (χ0n) is 10.6. The summed E-state index contributed by atoms with van der Waals surface area (Å²) in [4.78, 5) is 0. The fourth-order valence-corrected chi connectivity index (χ4v) is 2.20. The van der Waals surface area contributed by atoms with Gasteiger partial charge < -0.3 is 5.32 Å². The Morgan fingerprint density at radius 3 is 2.89 bits per heavy atom. The van der Waals surface area contributed by atoms with Crippen molar-refractivity contribution in [1.82, 2.24) is 16.2 Å². The zero-order chi connectivity index (χ0) is 13.1. The van der Waals surface area contributed by atoms with Crippen LogP contribution in [-0.4, -0.2) is 19.1 Å². The number of rotatable bonds is 4. The third kappa shape index (κ3) is 3.04. The summed E-state index contributed by atoms with van der Waals surface area (Å²) >= 11 is 0. The van der Waals surface area contributed by atoms with E-state index in [1.54, 1.807) is 0 Å². The zero-order valence-corrected chi connectivity index (χ0v) is 10.6. The van der Waals surface area contributed by atoms with Crippen molar-refractivity contribution in [1.29, 1.82) is 0 Å². The molecule has 1 aromatic rings. The molecule has 0 aromatic heterocycles. The smallest absolute Gasteiger partial charge is 0.128 e. The molecule has 3 N–H and O–H groups in total. The van der Waals surface area contributed by atoms with E-state index in [4.69, 9.17) is 0 Å². The normalized spacial score (nSPS) is 23.8. The van der Waals surface area contributed by atoms with Crippen LogP contribution in [0.5, 0.6) is 0 Å². The predicted molar refractivity (Wildman–Crippen MR) is 66.9 cm³/mol. The Morgan fingerprint density at radius 2 is 2.17 bits per heavy atom. The molecule has 2 unspecified atom stereocenters. The Bertz CT molecular complexity index is 409. The Balaban J connectivity index is 2.13. The van der Waals surface area contributed by atoms with Crippen molar-refractivity contribution in [3.8, 4) is 0 Å². The molecule has 0 bridgehead atoms. The molecule has 1 fully saturated rings. The van der Waals surface area contributed by atoms with E-state index in [9.17, 15) is 8.78 Å². The fraction of sp³-hybridized carbons (Fsp3) is 0.538. The van der Waals surface area contributed by atoms with E-state index in [1.165, 1.54) is 12.1 Å². The predicted octanol–water partition coefficient (Wildman–Crippen LogP) is 1.73. The van der Waals surface area contributed by atoms with Crippen LogP contribution in [0.1, 0.15) is 25.5 Å². The van der Waals surface area contributed by atoms with Crippen LogP contribution in [0.2, 0.25) is 0 Å². The molecule has 0 amide bonds. The lowest BCUT2D eigenvalue weighted by molar-refractivity contribution is 0.410. The van der Waals surface area contributed by atoms with Crippen LogP contribution in [0.3, 0.4) is 0 Å². The number of halogens is 2. The molecule has 2 atom stereocenters. The summed E-state index contributed by atoms with van der Waals surface area (Å²) in [7, 11) is 0. The van der Waals surface area contributed by atoms with Crippen molar-refractivity contribution < 1.29 is 8.78 Å². The second-order valence-electron chi connectivity index (χ2n) is 4.99. The van der Waals surface area contributed by atoms with Gasteiger partial charge in [-0.25, -0.2) is 14.2 Å². The second kappa shape index (κ2) is 5.73. The van der Waals surface area contributed by atoms with Gasteiger partial charge >= 0.3 is 0 Å². The summed E-state index contributed by atoms with van der Waals surface area (Å²) in [5.41, 5.74) is 6.42. The molecule has 0 saturated carbocycles. The van der Waals surface area contributed by atoms with Crippen molar-refractivity contribution in [3.05, 3.63) is 35.4 Å². The van der Waals surface area contributed by atoms with Gasteiger partial charge in [0.1, 0.15) is 11.6 Å². The molecule has 0 aliphatic carbocycles. The molecule has 100 valence electrons. The summed E-state index contributed by atoms with van der Waals surface area (Å²) in [5, 5.41) is 3.33. The van der Waals surface area contributed by atoms with Gasteiger partial charge in [0.2, 0.25) is 0 Å². The number of benzene rings is 1. The average molecular weight is 255 g/mol. The first-order chi connectivity index (χ1) is 8.58. The number of hydrazine groups is 1. The van der Waals surface area contributed by atoms with Crippen molar-refractivity contribution in [3.63, 3.8) is 0 Å². The van der Waals surface area contributed by atoms with E-state index in [0.29, 0.717) is 11.6 Å². The van der Waals surface area contributed by atoms with E-state index >= 15 is 0 Å². The van der Waals surface area contributed by atoms with Crippen molar-refractivity contribution in [2.24, 2.45) is 5.92 Å². The van der Waals surface area contributed by atoms with Crippen LogP contribution in [0, 0.1) is 17.6 Å². The third-order valence-electron chi connectivity index (χ3n) is 3.17. The highest BCUT2D eigenvalue weighted by atomic mass is 19.1. The van der Waals surface area contributed by atoms with Crippen LogP contribution >= 0.6 is 0 Å². The van der Waals surface area contributed by atoms with Crippen LogP contribution in [0.4, 0.5) is 8.78 Å². The van der Waals surface area contributed by atoms with Crippen molar-refractivity contribution in [2.75, 3.05) is 13.1 Å². The standard InChI is InChI=1S/C13H19F2N3/c1-8(2)16-6-9-7-17-18-13(9)11-5-10(14)3-4-12(11)15/h3-5,8-9,13,16-18H,6-7H2,1-2H3. The Hall–Kier alpha value is -1.04. The Labute approximate surface area is 106 Å². The monoisotopic (exact) mass is 255 g/mol. The Morgan fingerprint density at radius 1 is 1.39 bits per heavy atom. The number of hydrogen-bond acceptors (Lipinski definition) is 3. The summed E-state index contributed by atoms with van der Waals surface area (Å²) < 4.78 is 27.0. The minimum atomic E-state index is -0.407. The van der Waals surface area contributed by atoms with Crippen LogP contribution in [-0.2, 0) is 0 Å². The van der Waals surface area contributed by atoms with Crippen LogP contribution in [0.15, 0.2) is 18.2 Å². The first-order valence-electron chi connectivity index (χ1n) is 6.24. The summed E-state index contributed by atoms with van der Waals surface area (Å²) in [6.45, 7) is 5.62. The lowest BCUT2D eigenvalue weighted by atomic mass is 9.94. The first-order valence-corrected chi connectivity index (χ1v) is 6.24. The molecule has 5 heteroatoms. The molecular weight excluding hydrogens is 236 g/mol. The molecule has 1 aliphatic heterocycles. The first kappa shape index (κ1) is 13.4. The van der Waals surface area contributed by atoms with Gasteiger partial charge in [-0.15, -0.1) is 0 Å². The summed E-state index contributed by atoms with van der Waals surface area (Å²) in [6.07, 6.45) is 0. The maximum atomic E-state index is 13.7. The summed E-state index contributed by atoms with van der Waals surface area (Å²) in [5.74, 6) is -0.577. The molecule has 3 nitrogen and oxygen atoms in total. The van der Waals surface area contributed by atoms with E-state index in [-0.39, 0.29) is 17.8 Å². The van der Waals surface area contributed by atoms with Gasteiger partial charge in [0.25, 0.3) is 0 Å². The van der Waals surface area contributed by atoms with Crippen molar-refractivity contribution >= 4 is 0 Å². The van der Waals surface area contributed by atoms with E-state index in [2.05, 4.69) is 30.0 Å². The molecule has 1 saturated heterocycles. The molecule has 1 aliphatic rings. The van der Waals surface area contributed by atoms with Gasteiger partial charge in [-0.05, 0) is 18.2 Å². The van der Waals surface area contributed by atoms with Gasteiger partial charge in [0.05, 0.1) is 6.04 Å². The molecular formula is C13H19F2N3. The molecule has 0 radical (unpaired) electrons. The number of nitrogens with one attached hydrogen (secondary N) is 3. The largest absolute Gasteiger partial charge is 0.314 e. The highest BCUT2D eigenvalue weighted by molar-refractivity contribution is 5.24. The van der Waals surface area contributed by atoms with E-state index in [1.807, 2.05) is 0 Å². The maximum Gasteiger partial charge on any atom is 0.128 e. The molecule has 2 rings (SSSR count). The highest BCUT2D eigenvalue weighted by Crippen LogP contribution is 2.27. The molecule has 18 heavy (non-hydrogen) atoms.